The van der Waals surface area contributed by atoms with Crippen LogP contribution in [-0.2, 0) is 6.54 Å². The van der Waals surface area contributed by atoms with Crippen molar-refractivity contribution in [2.24, 2.45) is 0 Å². The van der Waals surface area contributed by atoms with Gasteiger partial charge in [0, 0.05) is 18.6 Å². The van der Waals surface area contributed by atoms with E-state index in [-0.39, 0.29) is 17.5 Å². The minimum Gasteiger partial charge on any atom is -0.480 e. The summed E-state index contributed by atoms with van der Waals surface area (Å²) in [6.07, 6.45) is 4.04. The van der Waals surface area contributed by atoms with E-state index in [2.05, 4.69) is 53.3 Å². The maximum atomic E-state index is 10.2. The number of aryl methyl sites for hydroxylation is 1. The van der Waals surface area contributed by atoms with E-state index in [0.29, 0.717) is 23.5 Å². The third-order valence-corrected chi connectivity index (χ3v) is 3.89. The van der Waals surface area contributed by atoms with E-state index in [9.17, 15) is 5.11 Å². The maximum Gasteiger partial charge on any atom is 0.296 e. The number of rotatable bonds is 9. The number of imidazole rings is 1. The number of nitrogen functional groups attached to an aromatic ring is 1. The SMILES string of the molecule is CCCCNc1nc(N)nc2nc(O)n(CCCCNC(C)(C)C)c12. The van der Waals surface area contributed by atoms with Crippen molar-refractivity contribution in [1.29, 1.82) is 0 Å². The smallest absolute Gasteiger partial charge is 0.296 e. The Hall–Kier alpha value is -2.09. The lowest BCUT2D eigenvalue weighted by molar-refractivity contribution is 0.388. The zero-order valence-corrected chi connectivity index (χ0v) is 15.8. The predicted molar refractivity (Wildman–Crippen MR) is 102 cm³/mol. The van der Waals surface area contributed by atoms with Crippen molar-refractivity contribution in [2.45, 2.75) is 65.5 Å². The fourth-order valence-electron chi connectivity index (χ4n) is 2.62. The molecule has 5 N–H and O–H groups in total. The molecule has 0 saturated carbocycles. The summed E-state index contributed by atoms with van der Waals surface area (Å²) < 4.78 is 1.76. The zero-order chi connectivity index (χ0) is 18.4. The van der Waals surface area contributed by atoms with Gasteiger partial charge in [-0.05, 0) is 46.6 Å². The van der Waals surface area contributed by atoms with Crippen molar-refractivity contribution < 1.29 is 5.11 Å². The standard InChI is InChI=1S/C17H31N7O/c1-5-6-9-19-13-12-14(22-15(18)21-13)23-16(25)24(12)11-8-7-10-20-17(2,3)4/h20H,5-11H2,1-4H3,(H4,18,19,21,22,23,25). The second kappa shape index (κ2) is 8.33. The molecule has 0 aromatic carbocycles. The van der Waals surface area contributed by atoms with Gasteiger partial charge in [-0.2, -0.15) is 15.0 Å². The fraction of sp³-hybridized carbons (Fsp3) is 0.706. The molecule has 0 atom stereocenters. The Balaban J connectivity index is 2.11. The summed E-state index contributed by atoms with van der Waals surface area (Å²) in [4.78, 5) is 12.6. The summed E-state index contributed by atoms with van der Waals surface area (Å²) in [5, 5.41) is 17.0. The van der Waals surface area contributed by atoms with Crippen molar-refractivity contribution in [2.75, 3.05) is 24.1 Å². The molecule has 0 amide bonds. The second-order valence-electron chi connectivity index (χ2n) is 7.33. The van der Waals surface area contributed by atoms with Gasteiger partial charge in [0.2, 0.25) is 5.95 Å². The molecule has 0 fully saturated rings. The van der Waals surface area contributed by atoms with Gasteiger partial charge in [-0.1, -0.05) is 13.3 Å². The van der Waals surface area contributed by atoms with Crippen molar-refractivity contribution in [3.05, 3.63) is 0 Å². The Morgan fingerprint density at radius 1 is 1.08 bits per heavy atom. The van der Waals surface area contributed by atoms with Crippen molar-refractivity contribution in [3.8, 4) is 6.01 Å². The Morgan fingerprint density at radius 2 is 1.84 bits per heavy atom. The van der Waals surface area contributed by atoms with Gasteiger partial charge in [-0.15, -0.1) is 0 Å². The van der Waals surface area contributed by atoms with Crippen LogP contribution in [0, 0.1) is 0 Å². The molecule has 140 valence electrons. The van der Waals surface area contributed by atoms with Gasteiger partial charge < -0.3 is 21.5 Å². The normalized spacial score (nSPS) is 12.0. The predicted octanol–water partition coefficient (Wildman–Crippen LogP) is 2.49. The average Bonchev–Trinajstić information content (AvgIpc) is 2.81. The molecule has 25 heavy (non-hydrogen) atoms. The second-order valence-corrected chi connectivity index (χ2v) is 7.33. The molecule has 2 aromatic heterocycles. The summed E-state index contributed by atoms with van der Waals surface area (Å²) in [5.41, 5.74) is 7.03. The number of nitrogens with one attached hydrogen (secondary N) is 2. The van der Waals surface area contributed by atoms with Gasteiger partial charge >= 0.3 is 0 Å². The molecule has 0 saturated heterocycles. The maximum absolute atomic E-state index is 10.2. The van der Waals surface area contributed by atoms with E-state index in [0.717, 1.165) is 38.8 Å². The Morgan fingerprint density at radius 3 is 2.52 bits per heavy atom. The molecular formula is C17H31N7O. The number of nitrogens with zero attached hydrogens (tertiary/aromatic N) is 4. The van der Waals surface area contributed by atoms with Crippen LogP contribution in [0.25, 0.3) is 11.2 Å². The fourth-order valence-corrected chi connectivity index (χ4v) is 2.62. The van der Waals surface area contributed by atoms with Crippen LogP contribution in [0.1, 0.15) is 53.4 Å². The highest BCUT2D eigenvalue weighted by Crippen LogP contribution is 2.26. The molecule has 2 heterocycles. The molecule has 0 spiro atoms. The van der Waals surface area contributed by atoms with E-state index in [1.165, 1.54) is 0 Å². The van der Waals surface area contributed by atoms with Gasteiger partial charge in [-0.3, -0.25) is 4.57 Å². The van der Waals surface area contributed by atoms with Crippen LogP contribution in [0.15, 0.2) is 0 Å². The third-order valence-electron chi connectivity index (χ3n) is 3.89. The van der Waals surface area contributed by atoms with Crippen molar-refractivity contribution >= 4 is 22.9 Å². The van der Waals surface area contributed by atoms with E-state index in [1.807, 2.05) is 0 Å². The van der Waals surface area contributed by atoms with E-state index >= 15 is 0 Å². The van der Waals surface area contributed by atoms with Gasteiger partial charge in [0.15, 0.2) is 11.5 Å². The number of unbranched alkanes of at least 4 members (excludes halogenated alkanes) is 2. The summed E-state index contributed by atoms with van der Waals surface area (Å²) in [6.45, 7) is 11.0. The van der Waals surface area contributed by atoms with Gasteiger partial charge in [0.25, 0.3) is 6.01 Å². The number of hydrogen-bond acceptors (Lipinski definition) is 7. The average molecular weight is 349 g/mol. The highest BCUT2D eigenvalue weighted by molar-refractivity contribution is 5.85. The van der Waals surface area contributed by atoms with E-state index in [1.54, 1.807) is 4.57 Å². The van der Waals surface area contributed by atoms with Crippen LogP contribution >= 0.6 is 0 Å². The topological polar surface area (TPSA) is 114 Å². The van der Waals surface area contributed by atoms with Crippen LogP contribution in [0.5, 0.6) is 6.01 Å². The minimum absolute atomic E-state index is 0.0442. The summed E-state index contributed by atoms with van der Waals surface area (Å²) in [5.74, 6) is 0.794. The lowest BCUT2D eigenvalue weighted by Gasteiger charge is -2.20. The number of hydrogen-bond donors (Lipinski definition) is 4. The quantitative estimate of drug-likeness (QED) is 0.514. The number of anilines is 2. The molecule has 8 heteroatoms. The number of aromatic hydroxyl groups is 1. The lowest BCUT2D eigenvalue weighted by Crippen LogP contribution is -2.36. The molecule has 0 unspecified atom stereocenters. The number of aromatic nitrogens is 4. The summed E-state index contributed by atoms with van der Waals surface area (Å²) in [6, 6.07) is -0.0442. The number of fused-ring (bicyclic) bond motifs is 1. The van der Waals surface area contributed by atoms with Gasteiger partial charge in [-0.25, -0.2) is 0 Å². The van der Waals surface area contributed by atoms with Gasteiger partial charge in [0.05, 0.1) is 0 Å². The molecule has 8 nitrogen and oxygen atoms in total. The van der Waals surface area contributed by atoms with Crippen LogP contribution in [-0.4, -0.2) is 43.3 Å². The first kappa shape index (κ1) is 19.2. The van der Waals surface area contributed by atoms with Crippen LogP contribution in [0.2, 0.25) is 0 Å². The molecule has 0 aliphatic carbocycles. The Labute approximate surface area is 149 Å². The first-order valence-corrected chi connectivity index (χ1v) is 9.03. The Kier molecular flexibility index (Phi) is 6.41. The van der Waals surface area contributed by atoms with Crippen LogP contribution in [0.4, 0.5) is 11.8 Å². The molecule has 0 aliphatic heterocycles. The first-order valence-electron chi connectivity index (χ1n) is 9.03. The lowest BCUT2D eigenvalue weighted by atomic mass is 10.1. The highest BCUT2D eigenvalue weighted by atomic mass is 16.3. The van der Waals surface area contributed by atoms with Crippen LogP contribution in [0.3, 0.4) is 0 Å². The van der Waals surface area contributed by atoms with Gasteiger partial charge in [0.1, 0.15) is 5.52 Å². The summed E-state index contributed by atoms with van der Waals surface area (Å²) >= 11 is 0. The highest BCUT2D eigenvalue weighted by Gasteiger charge is 2.17. The molecular weight excluding hydrogens is 318 g/mol. The largest absolute Gasteiger partial charge is 0.480 e. The molecule has 2 rings (SSSR count). The monoisotopic (exact) mass is 349 g/mol. The van der Waals surface area contributed by atoms with Crippen molar-refractivity contribution in [3.63, 3.8) is 0 Å². The molecule has 0 bridgehead atoms. The molecule has 2 aromatic rings. The minimum atomic E-state index is -0.0442. The van der Waals surface area contributed by atoms with E-state index in [4.69, 9.17) is 5.73 Å². The van der Waals surface area contributed by atoms with Crippen molar-refractivity contribution in [1.82, 2.24) is 24.8 Å². The molecule has 0 radical (unpaired) electrons. The Bertz CT molecular complexity index is 690. The zero-order valence-electron chi connectivity index (χ0n) is 15.8. The number of nitrogens with two attached hydrogens (primary N) is 1. The third kappa shape index (κ3) is 5.45. The van der Waals surface area contributed by atoms with E-state index < -0.39 is 0 Å². The van der Waals surface area contributed by atoms with Crippen LogP contribution < -0.4 is 16.4 Å². The first-order chi connectivity index (χ1) is 11.8. The molecule has 0 aliphatic rings. The summed E-state index contributed by atoms with van der Waals surface area (Å²) in [7, 11) is 0.